The summed E-state index contributed by atoms with van der Waals surface area (Å²) in [7, 11) is 0. The third-order valence-electron chi connectivity index (χ3n) is 3.82. The van der Waals surface area contributed by atoms with Crippen LogP contribution in [0.4, 0.5) is 17.1 Å². The Hall–Kier alpha value is -2.22. The van der Waals surface area contributed by atoms with E-state index in [0.29, 0.717) is 0 Å². The van der Waals surface area contributed by atoms with Gasteiger partial charge in [0.1, 0.15) is 0 Å². The van der Waals surface area contributed by atoms with Crippen LogP contribution in [-0.2, 0) is 0 Å². The molecule has 0 saturated carbocycles. The number of benzene rings is 2. The summed E-state index contributed by atoms with van der Waals surface area (Å²) < 4.78 is 0. The molecule has 0 bridgehead atoms. The molecular weight excluding hydrogens is 256 g/mol. The van der Waals surface area contributed by atoms with Crippen molar-refractivity contribution in [3.8, 4) is 0 Å². The molecule has 2 N–H and O–H groups in total. The smallest absolute Gasteiger partial charge is 0.0505 e. The largest absolute Gasteiger partial charge is 0.376 e. The maximum atomic E-state index is 3.56. The number of rotatable bonds is 2. The SMILES string of the molecule is CC1=CC(C)(C)Nc2ccc(Nc3ccc(C)cc3)cc21. The molecule has 0 atom stereocenters. The molecule has 2 aromatic carbocycles. The van der Waals surface area contributed by atoms with Crippen molar-refractivity contribution >= 4 is 22.6 Å². The molecule has 2 nitrogen and oxygen atoms in total. The number of fused-ring (bicyclic) bond motifs is 1. The molecule has 21 heavy (non-hydrogen) atoms. The van der Waals surface area contributed by atoms with E-state index in [0.717, 1.165) is 11.4 Å². The van der Waals surface area contributed by atoms with Gasteiger partial charge in [-0.15, -0.1) is 0 Å². The van der Waals surface area contributed by atoms with E-state index in [4.69, 9.17) is 0 Å². The van der Waals surface area contributed by atoms with E-state index in [1.54, 1.807) is 0 Å². The van der Waals surface area contributed by atoms with Gasteiger partial charge in [0.25, 0.3) is 0 Å². The lowest BCUT2D eigenvalue weighted by Gasteiger charge is -2.31. The van der Waals surface area contributed by atoms with Crippen molar-refractivity contribution in [2.24, 2.45) is 0 Å². The van der Waals surface area contributed by atoms with Crippen molar-refractivity contribution < 1.29 is 0 Å². The summed E-state index contributed by atoms with van der Waals surface area (Å²) in [6, 6.07) is 15.0. The highest BCUT2D eigenvalue weighted by Gasteiger charge is 2.22. The van der Waals surface area contributed by atoms with Gasteiger partial charge < -0.3 is 10.6 Å². The summed E-state index contributed by atoms with van der Waals surface area (Å²) in [5, 5.41) is 7.03. The van der Waals surface area contributed by atoms with Crippen LogP contribution in [0.25, 0.3) is 5.57 Å². The lowest BCUT2D eigenvalue weighted by atomic mass is 9.91. The van der Waals surface area contributed by atoms with Crippen molar-refractivity contribution in [1.82, 2.24) is 0 Å². The maximum absolute atomic E-state index is 3.56. The fourth-order valence-electron chi connectivity index (χ4n) is 2.86. The first-order valence-corrected chi connectivity index (χ1v) is 7.39. The second-order valence-electron chi connectivity index (χ2n) is 6.43. The van der Waals surface area contributed by atoms with Gasteiger partial charge in [-0.25, -0.2) is 0 Å². The minimum atomic E-state index is 0.0169. The molecule has 1 aliphatic rings. The minimum Gasteiger partial charge on any atom is -0.376 e. The topological polar surface area (TPSA) is 24.1 Å². The van der Waals surface area contributed by atoms with Gasteiger partial charge in [-0.2, -0.15) is 0 Å². The highest BCUT2D eigenvalue weighted by Crippen LogP contribution is 2.35. The first-order chi connectivity index (χ1) is 9.93. The zero-order valence-electron chi connectivity index (χ0n) is 13.1. The molecule has 2 aromatic rings. The monoisotopic (exact) mass is 278 g/mol. The molecule has 0 radical (unpaired) electrons. The molecule has 0 spiro atoms. The second kappa shape index (κ2) is 4.96. The lowest BCUT2D eigenvalue weighted by molar-refractivity contribution is 0.707. The predicted molar refractivity (Wildman–Crippen MR) is 92.3 cm³/mol. The minimum absolute atomic E-state index is 0.0169. The van der Waals surface area contributed by atoms with Gasteiger partial charge >= 0.3 is 0 Å². The molecule has 1 heterocycles. The van der Waals surface area contributed by atoms with Crippen LogP contribution >= 0.6 is 0 Å². The van der Waals surface area contributed by atoms with E-state index < -0.39 is 0 Å². The van der Waals surface area contributed by atoms with Crippen molar-refractivity contribution in [1.29, 1.82) is 0 Å². The molecule has 0 aromatic heterocycles. The number of hydrogen-bond acceptors (Lipinski definition) is 2. The van der Waals surface area contributed by atoms with Crippen molar-refractivity contribution in [3.05, 3.63) is 59.7 Å². The second-order valence-corrected chi connectivity index (χ2v) is 6.43. The first kappa shape index (κ1) is 13.7. The standard InChI is InChI=1S/C19H22N2/c1-13-5-7-15(8-6-13)20-16-9-10-18-17(11-16)14(2)12-19(3,4)21-18/h5-12,20-21H,1-4H3. The van der Waals surface area contributed by atoms with Gasteiger partial charge in [0, 0.05) is 22.6 Å². The third-order valence-corrected chi connectivity index (χ3v) is 3.82. The average molecular weight is 278 g/mol. The van der Waals surface area contributed by atoms with Crippen LogP contribution in [0, 0.1) is 6.92 Å². The normalized spacial score (nSPS) is 15.7. The molecular formula is C19H22N2. The van der Waals surface area contributed by atoms with E-state index in [-0.39, 0.29) is 5.54 Å². The average Bonchev–Trinajstić information content (AvgIpc) is 2.41. The van der Waals surface area contributed by atoms with Gasteiger partial charge in [-0.3, -0.25) is 0 Å². The molecule has 0 fully saturated rings. The molecule has 1 aliphatic heterocycles. The van der Waals surface area contributed by atoms with Gasteiger partial charge in [0.05, 0.1) is 5.54 Å². The summed E-state index contributed by atoms with van der Waals surface area (Å²) >= 11 is 0. The van der Waals surface area contributed by atoms with E-state index in [1.165, 1.54) is 22.4 Å². The molecule has 0 aliphatic carbocycles. The van der Waals surface area contributed by atoms with Crippen molar-refractivity contribution in [2.75, 3.05) is 10.6 Å². The van der Waals surface area contributed by atoms with Crippen LogP contribution in [0.5, 0.6) is 0 Å². The number of nitrogens with one attached hydrogen (secondary N) is 2. The quantitative estimate of drug-likeness (QED) is 0.774. The zero-order chi connectivity index (χ0) is 15.0. The Morgan fingerprint density at radius 1 is 0.905 bits per heavy atom. The Kier molecular flexibility index (Phi) is 3.25. The highest BCUT2D eigenvalue weighted by molar-refractivity contribution is 5.83. The van der Waals surface area contributed by atoms with Gasteiger partial charge in [-0.1, -0.05) is 23.8 Å². The third kappa shape index (κ3) is 2.94. The van der Waals surface area contributed by atoms with Crippen molar-refractivity contribution in [3.63, 3.8) is 0 Å². The van der Waals surface area contributed by atoms with Crippen LogP contribution < -0.4 is 10.6 Å². The molecule has 108 valence electrons. The van der Waals surface area contributed by atoms with Crippen LogP contribution in [0.2, 0.25) is 0 Å². The summed E-state index contributed by atoms with van der Waals surface area (Å²) in [5.41, 5.74) is 7.32. The highest BCUT2D eigenvalue weighted by atomic mass is 15.0. The first-order valence-electron chi connectivity index (χ1n) is 7.39. The van der Waals surface area contributed by atoms with Crippen molar-refractivity contribution in [2.45, 2.75) is 33.2 Å². The predicted octanol–water partition coefficient (Wildman–Crippen LogP) is 5.35. The summed E-state index contributed by atoms with van der Waals surface area (Å²) in [6.45, 7) is 8.66. The molecule has 0 amide bonds. The maximum Gasteiger partial charge on any atom is 0.0505 e. The van der Waals surface area contributed by atoms with E-state index in [1.807, 2.05) is 0 Å². The number of anilines is 3. The zero-order valence-corrected chi connectivity index (χ0v) is 13.1. The Bertz CT molecular complexity index is 694. The van der Waals surface area contributed by atoms with Gasteiger partial charge in [0.15, 0.2) is 0 Å². The fourth-order valence-corrected chi connectivity index (χ4v) is 2.86. The summed E-state index contributed by atoms with van der Waals surface area (Å²) in [4.78, 5) is 0. The lowest BCUT2D eigenvalue weighted by Crippen LogP contribution is -2.31. The Morgan fingerprint density at radius 3 is 2.29 bits per heavy atom. The van der Waals surface area contributed by atoms with Gasteiger partial charge in [0.2, 0.25) is 0 Å². The Labute approximate surface area is 126 Å². The Morgan fingerprint density at radius 2 is 1.57 bits per heavy atom. The van der Waals surface area contributed by atoms with Crippen LogP contribution in [0.3, 0.4) is 0 Å². The molecule has 0 saturated heterocycles. The molecule has 0 unspecified atom stereocenters. The van der Waals surface area contributed by atoms with Gasteiger partial charge in [-0.05, 0) is 63.6 Å². The summed E-state index contributed by atoms with van der Waals surface area (Å²) in [6.07, 6.45) is 2.28. The van der Waals surface area contributed by atoms with E-state index >= 15 is 0 Å². The number of allylic oxidation sites excluding steroid dienone is 1. The van der Waals surface area contributed by atoms with E-state index in [9.17, 15) is 0 Å². The van der Waals surface area contributed by atoms with Crippen LogP contribution in [0.15, 0.2) is 48.5 Å². The molecule has 2 heteroatoms. The molecule has 3 rings (SSSR count). The van der Waals surface area contributed by atoms with Crippen LogP contribution in [-0.4, -0.2) is 5.54 Å². The number of aryl methyl sites for hydroxylation is 1. The van der Waals surface area contributed by atoms with E-state index in [2.05, 4.69) is 86.9 Å². The number of hydrogen-bond donors (Lipinski definition) is 2. The van der Waals surface area contributed by atoms with Crippen LogP contribution in [0.1, 0.15) is 31.9 Å². The summed E-state index contributed by atoms with van der Waals surface area (Å²) in [5.74, 6) is 0. The fraction of sp³-hybridized carbons (Fsp3) is 0.263. The Balaban J connectivity index is 1.90.